The highest BCUT2D eigenvalue weighted by molar-refractivity contribution is 5.93. The van der Waals surface area contributed by atoms with E-state index in [0.29, 0.717) is 24.0 Å². The van der Waals surface area contributed by atoms with Crippen molar-refractivity contribution >= 4 is 16.9 Å². The van der Waals surface area contributed by atoms with Crippen LogP contribution in [0, 0.1) is 0 Å². The standard InChI is InChI=1S/C10H11N3O2/c1-3-15-8-5-4-7-10(12-8)13-9(11-7)6(2)14/h4-5H,3H2,1-2H3,(H,11,12,13). The first-order valence-corrected chi connectivity index (χ1v) is 4.71. The van der Waals surface area contributed by atoms with E-state index < -0.39 is 0 Å². The summed E-state index contributed by atoms with van der Waals surface area (Å²) >= 11 is 0. The summed E-state index contributed by atoms with van der Waals surface area (Å²) in [5, 5.41) is 0. The number of hydrogen-bond acceptors (Lipinski definition) is 4. The fraction of sp³-hybridized carbons (Fsp3) is 0.300. The summed E-state index contributed by atoms with van der Waals surface area (Å²) in [6.07, 6.45) is 0. The van der Waals surface area contributed by atoms with Crippen molar-refractivity contribution in [2.75, 3.05) is 6.61 Å². The first kappa shape index (κ1) is 9.64. The average molecular weight is 205 g/mol. The minimum atomic E-state index is -0.106. The molecule has 0 atom stereocenters. The molecular weight excluding hydrogens is 194 g/mol. The first-order valence-electron chi connectivity index (χ1n) is 4.71. The number of H-pyrrole nitrogens is 1. The molecule has 1 N–H and O–H groups in total. The molecule has 0 fully saturated rings. The molecule has 0 amide bonds. The number of pyridine rings is 1. The summed E-state index contributed by atoms with van der Waals surface area (Å²) in [4.78, 5) is 22.2. The Morgan fingerprint density at radius 1 is 1.47 bits per heavy atom. The van der Waals surface area contributed by atoms with E-state index in [1.54, 1.807) is 12.1 Å². The topological polar surface area (TPSA) is 67.9 Å². The van der Waals surface area contributed by atoms with E-state index in [0.717, 1.165) is 5.52 Å². The molecule has 0 spiro atoms. The first-order chi connectivity index (χ1) is 7.20. The van der Waals surface area contributed by atoms with Crippen LogP contribution in [0.25, 0.3) is 11.2 Å². The van der Waals surface area contributed by atoms with Crippen LogP contribution in [-0.2, 0) is 0 Å². The second-order valence-corrected chi connectivity index (χ2v) is 3.10. The maximum atomic E-state index is 11.1. The Morgan fingerprint density at radius 2 is 2.27 bits per heavy atom. The molecule has 0 saturated carbocycles. The number of ketones is 1. The van der Waals surface area contributed by atoms with E-state index in [1.807, 2.05) is 6.92 Å². The maximum absolute atomic E-state index is 11.1. The number of nitrogens with zero attached hydrogens (tertiary/aromatic N) is 2. The molecule has 0 saturated heterocycles. The number of carbonyl (C=O) groups is 1. The van der Waals surface area contributed by atoms with Crippen molar-refractivity contribution in [3.05, 3.63) is 18.0 Å². The van der Waals surface area contributed by atoms with Crippen molar-refractivity contribution in [3.8, 4) is 5.88 Å². The van der Waals surface area contributed by atoms with E-state index in [1.165, 1.54) is 6.92 Å². The van der Waals surface area contributed by atoms with E-state index in [4.69, 9.17) is 4.74 Å². The van der Waals surface area contributed by atoms with E-state index in [-0.39, 0.29) is 5.78 Å². The zero-order chi connectivity index (χ0) is 10.8. The van der Waals surface area contributed by atoms with Gasteiger partial charge in [0.15, 0.2) is 17.3 Å². The average Bonchev–Trinajstić information content (AvgIpc) is 2.61. The Kier molecular flexibility index (Phi) is 2.37. The summed E-state index contributed by atoms with van der Waals surface area (Å²) in [6, 6.07) is 3.54. The Morgan fingerprint density at radius 3 is 2.93 bits per heavy atom. The number of ether oxygens (including phenoxy) is 1. The number of fused-ring (bicyclic) bond motifs is 1. The maximum Gasteiger partial charge on any atom is 0.215 e. The van der Waals surface area contributed by atoms with E-state index in [2.05, 4.69) is 15.0 Å². The molecule has 5 nitrogen and oxygen atoms in total. The van der Waals surface area contributed by atoms with Crippen LogP contribution >= 0.6 is 0 Å². The van der Waals surface area contributed by atoms with E-state index in [9.17, 15) is 4.79 Å². The van der Waals surface area contributed by atoms with Crippen LogP contribution in [-0.4, -0.2) is 27.3 Å². The second kappa shape index (κ2) is 3.68. The normalized spacial score (nSPS) is 10.5. The molecule has 0 aliphatic carbocycles. The highest BCUT2D eigenvalue weighted by Crippen LogP contribution is 2.14. The van der Waals surface area contributed by atoms with Crippen molar-refractivity contribution < 1.29 is 9.53 Å². The summed E-state index contributed by atoms with van der Waals surface area (Å²) < 4.78 is 5.23. The Balaban J connectivity index is 2.47. The molecule has 2 heterocycles. The second-order valence-electron chi connectivity index (χ2n) is 3.10. The highest BCUT2D eigenvalue weighted by atomic mass is 16.5. The number of aromatic nitrogens is 3. The third-order valence-electron chi connectivity index (χ3n) is 1.95. The van der Waals surface area contributed by atoms with Gasteiger partial charge in [-0.25, -0.2) is 4.98 Å². The van der Waals surface area contributed by atoms with Crippen LogP contribution in [0.3, 0.4) is 0 Å². The Labute approximate surface area is 86.5 Å². The summed E-state index contributed by atoms with van der Waals surface area (Å²) in [6.45, 7) is 3.90. The van der Waals surface area contributed by atoms with Crippen molar-refractivity contribution in [3.63, 3.8) is 0 Å². The molecule has 15 heavy (non-hydrogen) atoms. The lowest BCUT2D eigenvalue weighted by Crippen LogP contribution is -1.94. The van der Waals surface area contributed by atoms with Crippen LogP contribution in [0.1, 0.15) is 24.5 Å². The van der Waals surface area contributed by atoms with Crippen LogP contribution < -0.4 is 4.74 Å². The number of carbonyl (C=O) groups excluding carboxylic acids is 1. The summed E-state index contributed by atoms with van der Waals surface area (Å²) in [5.74, 6) is 0.740. The largest absolute Gasteiger partial charge is 0.478 e. The third kappa shape index (κ3) is 1.81. The monoisotopic (exact) mass is 205 g/mol. The molecule has 2 aromatic heterocycles. The molecule has 0 bridgehead atoms. The van der Waals surface area contributed by atoms with Crippen LogP contribution in [0.4, 0.5) is 0 Å². The third-order valence-corrected chi connectivity index (χ3v) is 1.95. The zero-order valence-corrected chi connectivity index (χ0v) is 8.57. The zero-order valence-electron chi connectivity index (χ0n) is 8.57. The lowest BCUT2D eigenvalue weighted by molar-refractivity contribution is 0.100. The van der Waals surface area contributed by atoms with Gasteiger partial charge in [-0.1, -0.05) is 0 Å². The number of aromatic amines is 1. The van der Waals surface area contributed by atoms with Crippen LogP contribution in [0.5, 0.6) is 5.88 Å². The summed E-state index contributed by atoms with van der Waals surface area (Å²) in [7, 11) is 0. The molecule has 78 valence electrons. The van der Waals surface area contributed by atoms with Crippen molar-refractivity contribution in [1.82, 2.24) is 15.0 Å². The molecule has 0 aromatic carbocycles. The van der Waals surface area contributed by atoms with Gasteiger partial charge >= 0.3 is 0 Å². The van der Waals surface area contributed by atoms with Crippen LogP contribution in [0.15, 0.2) is 12.1 Å². The van der Waals surface area contributed by atoms with Crippen molar-refractivity contribution in [2.24, 2.45) is 0 Å². The van der Waals surface area contributed by atoms with Gasteiger partial charge in [0.2, 0.25) is 5.88 Å². The SMILES string of the molecule is CCOc1ccc2[nH]c(C(C)=O)nc2n1. The number of nitrogens with one attached hydrogen (secondary N) is 1. The lowest BCUT2D eigenvalue weighted by atomic mass is 10.4. The molecule has 2 rings (SSSR count). The van der Waals surface area contributed by atoms with Gasteiger partial charge in [0.1, 0.15) is 0 Å². The van der Waals surface area contributed by atoms with Gasteiger partial charge in [-0.2, -0.15) is 4.98 Å². The van der Waals surface area contributed by atoms with Crippen LogP contribution in [0.2, 0.25) is 0 Å². The molecular formula is C10H11N3O2. The fourth-order valence-corrected chi connectivity index (χ4v) is 1.27. The Hall–Kier alpha value is -1.91. The number of rotatable bonds is 3. The molecule has 0 unspecified atom stereocenters. The minimum absolute atomic E-state index is 0.106. The molecule has 0 aliphatic rings. The van der Waals surface area contributed by atoms with Gasteiger partial charge in [-0.15, -0.1) is 0 Å². The van der Waals surface area contributed by atoms with Gasteiger partial charge in [0.25, 0.3) is 0 Å². The van der Waals surface area contributed by atoms with Gasteiger partial charge in [0, 0.05) is 13.0 Å². The molecule has 0 radical (unpaired) electrons. The predicted molar refractivity (Wildman–Crippen MR) is 55.1 cm³/mol. The number of Topliss-reactive ketones (excluding diaryl/α,β-unsaturated/α-hetero) is 1. The smallest absolute Gasteiger partial charge is 0.215 e. The summed E-state index contributed by atoms with van der Waals surface area (Å²) in [5.41, 5.74) is 1.25. The van der Waals surface area contributed by atoms with Gasteiger partial charge < -0.3 is 9.72 Å². The Bertz CT molecular complexity index is 504. The van der Waals surface area contributed by atoms with Gasteiger partial charge in [-0.3, -0.25) is 4.79 Å². The van der Waals surface area contributed by atoms with Gasteiger partial charge in [0.05, 0.1) is 12.1 Å². The molecule has 2 aromatic rings. The molecule has 0 aliphatic heterocycles. The van der Waals surface area contributed by atoms with Crippen molar-refractivity contribution in [2.45, 2.75) is 13.8 Å². The van der Waals surface area contributed by atoms with Gasteiger partial charge in [-0.05, 0) is 13.0 Å². The van der Waals surface area contributed by atoms with E-state index >= 15 is 0 Å². The molecule has 5 heteroatoms. The lowest BCUT2D eigenvalue weighted by Gasteiger charge is -1.99. The number of hydrogen-bond donors (Lipinski definition) is 1. The van der Waals surface area contributed by atoms with Crippen molar-refractivity contribution in [1.29, 1.82) is 0 Å². The fourth-order valence-electron chi connectivity index (χ4n) is 1.27. The highest BCUT2D eigenvalue weighted by Gasteiger charge is 2.08. The predicted octanol–water partition coefficient (Wildman–Crippen LogP) is 1.56. The minimum Gasteiger partial charge on any atom is -0.478 e. The quantitative estimate of drug-likeness (QED) is 0.772. The number of imidazole rings is 1.